The number of nitrogens with one attached hydrogen (secondary N) is 1. The number of amides is 1. The maximum atomic E-state index is 12.5. The molecule has 2 aromatic rings. The third kappa shape index (κ3) is 2.86. The standard InChI is InChI=1S/C17H16BrClN2O2/c18-13-5-10-7-15(20-9-11(10)6-14(13)19)21-16(22)12-8-17(12)1-3-23-4-2-17/h5-7,9,12H,1-4,8H2,(H,20,21,22). The van der Waals surface area contributed by atoms with Crippen LogP contribution in [0, 0.1) is 11.3 Å². The van der Waals surface area contributed by atoms with Gasteiger partial charge < -0.3 is 10.1 Å². The van der Waals surface area contributed by atoms with Crippen LogP contribution in [0.1, 0.15) is 19.3 Å². The summed E-state index contributed by atoms with van der Waals surface area (Å²) in [5, 5.41) is 5.55. The van der Waals surface area contributed by atoms with Gasteiger partial charge in [-0.05, 0) is 64.2 Å². The number of fused-ring (bicyclic) bond motifs is 1. The van der Waals surface area contributed by atoms with E-state index in [0.29, 0.717) is 10.8 Å². The van der Waals surface area contributed by atoms with Gasteiger partial charge in [-0.15, -0.1) is 0 Å². The molecular formula is C17H16BrClN2O2. The fraction of sp³-hybridized carbons (Fsp3) is 0.412. The van der Waals surface area contributed by atoms with Crippen molar-refractivity contribution >= 4 is 50.0 Å². The average molecular weight is 396 g/mol. The predicted octanol–water partition coefficient (Wildman–Crippen LogP) is 4.41. The van der Waals surface area contributed by atoms with Crippen LogP contribution in [-0.4, -0.2) is 24.1 Å². The Labute approximate surface area is 147 Å². The van der Waals surface area contributed by atoms with Gasteiger partial charge in [-0.25, -0.2) is 4.98 Å². The number of hydrogen-bond donors (Lipinski definition) is 1. The SMILES string of the molecule is O=C(Nc1cc2cc(Br)c(Cl)cc2cn1)C1CC12CCOCC2. The Balaban J connectivity index is 1.51. The van der Waals surface area contributed by atoms with Gasteiger partial charge >= 0.3 is 0 Å². The Hall–Kier alpha value is -1.17. The van der Waals surface area contributed by atoms with E-state index in [1.807, 2.05) is 18.2 Å². The van der Waals surface area contributed by atoms with Gasteiger partial charge in [0.05, 0.1) is 5.02 Å². The van der Waals surface area contributed by atoms with Gasteiger partial charge in [-0.3, -0.25) is 4.79 Å². The largest absolute Gasteiger partial charge is 0.381 e. The number of aromatic nitrogens is 1. The molecule has 4 rings (SSSR count). The van der Waals surface area contributed by atoms with E-state index in [0.717, 1.165) is 47.7 Å². The fourth-order valence-electron chi connectivity index (χ4n) is 3.47. The van der Waals surface area contributed by atoms with E-state index in [1.165, 1.54) is 0 Å². The van der Waals surface area contributed by atoms with Crippen molar-refractivity contribution in [3.63, 3.8) is 0 Å². The minimum Gasteiger partial charge on any atom is -0.381 e. The van der Waals surface area contributed by atoms with Crippen LogP contribution in [0.4, 0.5) is 5.82 Å². The van der Waals surface area contributed by atoms with Crippen LogP contribution >= 0.6 is 27.5 Å². The number of ether oxygens (including phenoxy) is 1. The van der Waals surface area contributed by atoms with Crippen LogP contribution in [0.5, 0.6) is 0 Å². The highest BCUT2D eigenvalue weighted by atomic mass is 79.9. The lowest BCUT2D eigenvalue weighted by Crippen LogP contribution is -2.24. The van der Waals surface area contributed by atoms with Crippen molar-refractivity contribution in [1.29, 1.82) is 0 Å². The molecule has 1 saturated carbocycles. The number of nitrogens with zero attached hydrogens (tertiary/aromatic N) is 1. The first-order chi connectivity index (χ1) is 11.1. The molecule has 1 spiro atoms. The van der Waals surface area contributed by atoms with Crippen LogP contribution in [0.25, 0.3) is 10.8 Å². The van der Waals surface area contributed by atoms with Gasteiger partial charge in [0.2, 0.25) is 5.91 Å². The second-order valence-corrected chi connectivity index (χ2v) is 7.67. The molecule has 120 valence electrons. The minimum absolute atomic E-state index is 0.0757. The zero-order chi connectivity index (χ0) is 16.0. The van der Waals surface area contributed by atoms with Gasteiger partial charge in [-0.2, -0.15) is 0 Å². The van der Waals surface area contributed by atoms with E-state index in [2.05, 4.69) is 26.2 Å². The number of benzene rings is 1. The molecule has 2 aliphatic rings. The van der Waals surface area contributed by atoms with Crippen molar-refractivity contribution in [1.82, 2.24) is 4.98 Å². The number of rotatable bonds is 2. The maximum absolute atomic E-state index is 12.5. The van der Waals surface area contributed by atoms with E-state index in [9.17, 15) is 4.79 Å². The summed E-state index contributed by atoms with van der Waals surface area (Å²) < 4.78 is 6.23. The molecular weight excluding hydrogens is 380 g/mol. The first kappa shape index (κ1) is 15.4. The molecule has 1 aliphatic carbocycles. The summed E-state index contributed by atoms with van der Waals surface area (Å²) in [6.07, 6.45) is 4.68. The fourth-order valence-corrected chi connectivity index (χ4v) is 4.00. The van der Waals surface area contributed by atoms with Gasteiger partial charge in [0, 0.05) is 35.2 Å². The molecule has 23 heavy (non-hydrogen) atoms. The zero-order valence-electron chi connectivity index (χ0n) is 12.4. The smallest absolute Gasteiger partial charge is 0.229 e. The van der Waals surface area contributed by atoms with Crippen molar-refractivity contribution in [3.05, 3.63) is 33.9 Å². The van der Waals surface area contributed by atoms with Crippen molar-refractivity contribution < 1.29 is 9.53 Å². The molecule has 1 atom stereocenters. The van der Waals surface area contributed by atoms with Crippen molar-refractivity contribution in [2.75, 3.05) is 18.5 Å². The molecule has 0 radical (unpaired) electrons. The van der Waals surface area contributed by atoms with Gasteiger partial charge in [-0.1, -0.05) is 11.6 Å². The van der Waals surface area contributed by atoms with Crippen LogP contribution in [0.2, 0.25) is 5.02 Å². The Kier molecular flexibility index (Phi) is 3.82. The number of pyridine rings is 1. The normalized spacial score (nSPS) is 22.3. The number of carbonyl (C=O) groups excluding carboxylic acids is 1. The number of anilines is 1. The summed E-state index contributed by atoms with van der Waals surface area (Å²) in [5.41, 5.74) is 0.176. The number of halogens is 2. The van der Waals surface area contributed by atoms with Crippen LogP contribution in [-0.2, 0) is 9.53 Å². The Morgan fingerprint density at radius 1 is 1.30 bits per heavy atom. The summed E-state index contributed by atoms with van der Waals surface area (Å²) >= 11 is 9.51. The summed E-state index contributed by atoms with van der Waals surface area (Å²) in [4.78, 5) is 16.8. The molecule has 1 saturated heterocycles. The van der Waals surface area contributed by atoms with Crippen molar-refractivity contribution in [3.8, 4) is 0 Å². The summed E-state index contributed by atoms with van der Waals surface area (Å²) in [7, 11) is 0. The van der Waals surface area contributed by atoms with Crippen LogP contribution in [0.3, 0.4) is 0 Å². The van der Waals surface area contributed by atoms with E-state index in [4.69, 9.17) is 16.3 Å². The summed E-state index contributed by atoms with van der Waals surface area (Å²) in [6, 6.07) is 5.68. The Morgan fingerprint density at radius 3 is 2.87 bits per heavy atom. The monoisotopic (exact) mass is 394 g/mol. The van der Waals surface area contributed by atoms with Crippen LogP contribution < -0.4 is 5.32 Å². The van der Waals surface area contributed by atoms with Gasteiger partial charge in [0.15, 0.2) is 0 Å². The first-order valence-electron chi connectivity index (χ1n) is 7.71. The van der Waals surface area contributed by atoms with Crippen molar-refractivity contribution in [2.24, 2.45) is 11.3 Å². The second kappa shape index (κ2) is 5.72. The molecule has 6 heteroatoms. The molecule has 1 aromatic heterocycles. The van der Waals surface area contributed by atoms with E-state index in [-0.39, 0.29) is 17.2 Å². The molecule has 2 fully saturated rings. The molecule has 1 aliphatic heterocycles. The highest BCUT2D eigenvalue weighted by Crippen LogP contribution is 2.59. The third-order valence-corrected chi connectivity index (χ3v) is 6.20. The van der Waals surface area contributed by atoms with E-state index >= 15 is 0 Å². The zero-order valence-corrected chi connectivity index (χ0v) is 14.8. The highest BCUT2D eigenvalue weighted by molar-refractivity contribution is 9.10. The van der Waals surface area contributed by atoms with E-state index in [1.54, 1.807) is 6.20 Å². The molecule has 4 nitrogen and oxygen atoms in total. The quantitative estimate of drug-likeness (QED) is 0.819. The van der Waals surface area contributed by atoms with Gasteiger partial charge in [0.25, 0.3) is 0 Å². The Morgan fingerprint density at radius 2 is 2.09 bits per heavy atom. The third-order valence-electron chi connectivity index (χ3n) is 5.01. The lowest BCUT2D eigenvalue weighted by molar-refractivity contribution is -0.118. The lowest BCUT2D eigenvalue weighted by Gasteiger charge is -2.22. The number of carbonyl (C=O) groups is 1. The summed E-state index contributed by atoms with van der Waals surface area (Å²) in [6.45, 7) is 1.54. The second-order valence-electron chi connectivity index (χ2n) is 6.40. The molecule has 1 amide bonds. The first-order valence-corrected chi connectivity index (χ1v) is 8.88. The molecule has 1 N–H and O–H groups in total. The highest BCUT2D eigenvalue weighted by Gasteiger charge is 2.58. The summed E-state index contributed by atoms with van der Waals surface area (Å²) in [5.74, 6) is 0.762. The van der Waals surface area contributed by atoms with E-state index < -0.39 is 0 Å². The number of hydrogen-bond acceptors (Lipinski definition) is 3. The molecule has 1 aromatic carbocycles. The Bertz CT molecular complexity index is 790. The van der Waals surface area contributed by atoms with Gasteiger partial charge in [0.1, 0.15) is 5.82 Å². The van der Waals surface area contributed by atoms with Crippen LogP contribution in [0.15, 0.2) is 28.9 Å². The maximum Gasteiger partial charge on any atom is 0.229 e. The average Bonchev–Trinajstić information content (AvgIpc) is 3.23. The van der Waals surface area contributed by atoms with Crippen molar-refractivity contribution in [2.45, 2.75) is 19.3 Å². The minimum atomic E-state index is 0.0757. The predicted molar refractivity (Wildman–Crippen MR) is 93.7 cm³/mol. The molecule has 0 bridgehead atoms. The lowest BCUT2D eigenvalue weighted by atomic mass is 9.93. The molecule has 2 heterocycles. The molecule has 1 unspecified atom stereocenters. The topological polar surface area (TPSA) is 51.2 Å².